The van der Waals surface area contributed by atoms with Gasteiger partial charge >= 0.3 is 25.8 Å². The fourth-order valence-electron chi connectivity index (χ4n) is 6.87. The van der Waals surface area contributed by atoms with Gasteiger partial charge in [0.1, 0.15) is 11.3 Å². The molecule has 1 atom stereocenters. The molecule has 0 amide bonds. The van der Waals surface area contributed by atoms with E-state index in [4.69, 9.17) is 14.7 Å². The summed E-state index contributed by atoms with van der Waals surface area (Å²) >= 11 is 0. The molecule has 0 saturated heterocycles. The molecule has 7 rings (SSSR count). The van der Waals surface area contributed by atoms with Gasteiger partial charge in [0.2, 0.25) is 0 Å². The van der Waals surface area contributed by atoms with E-state index in [9.17, 15) is 0 Å². The van der Waals surface area contributed by atoms with E-state index in [1.54, 1.807) is 42.3 Å². The van der Waals surface area contributed by atoms with Crippen LogP contribution in [0.15, 0.2) is 108 Å². The van der Waals surface area contributed by atoms with E-state index in [0.29, 0.717) is 11.8 Å². The van der Waals surface area contributed by atoms with Crippen LogP contribution in [0.5, 0.6) is 0 Å². The molecule has 7 nitrogen and oxygen atoms in total. The summed E-state index contributed by atoms with van der Waals surface area (Å²) in [7, 11) is 12.6. The molecule has 55 heavy (non-hydrogen) atoms. The predicted octanol–water partition coefficient (Wildman–Crippen LogP) is 13.6. The number of nitrogens with zero attached hydrogens (tertiary/aromatic N) is 6. The third-order valence-electron chi connectivity index (χ3n) is 9.09. The minimum atomic E-state index is -0.347. The summed E-state index contributed by atoms with van der Waals surface area (Å²) < 4.78 is 8.49. The molecule has 0 aliphatic carbocycles. The van der Waals surface area contributed by atoms with Crippen LogP contribution in [-0.2, 0) is 39.3 Å². The molecule has 8 heteroatoms. The Hall–Kier alpha value is -4.08. The monoisotopic (exact) mass is 902 g/mol. The number of rotatable bonds is 8. The maximum absolute atomic E-state index is 6.32. The SMILES string of the molecule is CCc1oc2ccccc2c1-c1cn(C)c(C([N-]c2c(C(C)C)cccc2C(C)C)c2c3ccccc3cc3ccccc23)n1.C[N-]C.C[N-]C.C[N-]C.[Hf+4]. The Morgan fingerprint density at radius 2 is 1.13 bits per heavy atom. The van der Waals surface area contributed by atoms with Crippen molar-refractivity contribution in [3.8, 4) is 11.3 Å². The summed E-state index contributed by atoms with van der Waals surface area (Å²) in [5.41, 5.74) is 7.67. The van der Waals surface area contributed by atoms with Gasteiger partial charge in [-0.2, -0.15) is 42.3 Å². The normalized spacial score (nSPS) is 11.3. The molecule has 0 fully saturated rings. The van der Waals surface area contributed by atoms with Crippen LogP contribution >= 0.6 is 0 Å². The van der Waals surface area contributed by atoms with Crippen LogP contribution in [0.4, 0.5) is 5.69 Å². The molecule has 0 bridgehead atoms. The minimum absolute atomic E-state index is 0. The Bertz CT molecular complexity index is 2150. The predicted molar refractivity (Wildman–Crippen MR) is 234 cm³/mol. The Morgan fingerprint density at radius 3 is 1.62 bits per heavy atom. The van der Waals surface area contributed by atoms with Crippen LogP contribution in [0.1, 0.15) is 80.8 Å². The van der Waals surface area contributed by atoms with Crippen LogP contribution in [0, 0.1) is 0 Å². The first kappa shape index (κ1) is 45.3. The van der Waals surface area contributed by atoms with Crippen molar-refractivity contribution in [1.82, 2.24) is 9.55 Å². The number of furan rings is 1. The van der Waals surface area contributed by atoms with Crippen LogP contribution < -0.4 is 0 Å². The Kier molecular flexibility index (Phi) is 18.0. The second kappa shape index (κ2) is 21.9. The van der Waals surface area contributed by atoms with Crippen molar-refractivity contribution in [3.63, 3.8) is 0 Å². The standard InChI is InChI=1S/C41H40N3O.3C2H6N.Hf/c1-7-35-38(33-19-12-13-22-36(33)45-35)34-24-44(6)41(42-34)40(43-39-29(25(2)3)20-14-21-30(39)26(4)5)37-31-17-10-8-15-27(31)23-28-16-9-11-18-32(28)37;3*1-3-2;/h8-26,40H,7H2,1-6H3;3*1-2H3;/q4*-1;+4. The summed E-state index contributed by atoms with van der Waals surface area (Å²) in [6, 6.07) is 34.3. The molecular weight excluding hydrogens is 843 g/mol. The van der Waals surface area contributed by atoms with Gasteiger partial charge in [-0.15, -0.1) is 5.69 Å². The van der Waals surface area contributed by atoms with Gasteiger partial charge in [-0.25, -0.2) is 4.98 Å². The third kappa shape index (κ3) is 10.4. The molecule has 0 saturated carbocycles. The van der Waals surface area contributed by atoms with Crippen LogP contribution in [0.25, 0.3) is 65.0 Å². The number of para-hydroxylation sites is 2. The van der Waals surface area contributed by atoms with Gasteiger partial charge in [-0.05, 0) is 57.1 Å². The summed E-state index contributed by atoms with van der Waals surface area (Å²) in [6.07, 6.45) is 2.94. The Labute approximate surface area is 348 Å². The number of fused-ring (bicyclic) bond motifs is 3. The van der Waals surface area contributed by atoms with Gasteiger partial charge in [0, 0.05) is 25.1 Å². The fourth-order valence-corrected chi connectivity index (χ4v) is 6.87. The van der Waals surface area contributed by atoms with E-state index in [-0.39, 0.29) is 31.9 Å². The summed E-state index contributed by atoms with van der Waals surface area (Å²) in [6.45, 7) is 11.2. The first-order chi connectivity index (χ1) is 26.1. The average molecular weight is 902 g/mol. The molecule has 2 aromatic heterocycles. The number of hydrogen-bond acceptors (Lipinski definition) is 2. The maximum Gasteiger partial charge on any atom is 4.00 e. The number of imidazole rings is 1. The molecule has 286 valence electrons. The largest absolute Gasteiger partial charge is 4.00 e. The molecule has 0 aliphatic heterocycles. The molecule has 0 aliphatic rings. The van der Waals surface area contributed by atoms with Crippen molar-refractivity contribution in [2.45, 2.75) is 58.9 Å². The van der Waals surface area contributed by atoms with E-state index in [1.165, 1.54) is 38.2 Å². The quantitative estimate of drug-likeness (QED) is 0.112. The van der Waals surface area contributed by atoms with Crippen molar-refractivity contribution in [2.24, 2.45) is 7.05 Å². The van der Waals surface area contributed by atoms with E-state index in [0.717, 1.165) is 45.9 Å². The van der Waals surface area contributed by atoms with Gasteiger partial charge in [0.25, 0.3) is 0 Å². The second-order valence-corrected chi connectivity index (χ2v) is 14.0. The van der Waals surface area contributed by atoms with E-state index in [1.807, 2.05) is 12.1 Å². The zero-order valence-corrected chi connectivity index (χ0v) is 38.4. The van der Waals surface area contributed by atoms with Crippen LogP contribution in [0.3, 0.4) is 0 Å². The van der Waals surface area contributed by atoms with E-state index < -0.39 is 0 Å². The van der Waals surface area contributed by atoms with Crippen molar-refractivity contribution >= 4 is 38.2 Å². The molecule has 1 unspecified atom stereocenters. The third-order valence-corrected chi connectivity index (χ3v) is 9.09. The van der Waals surface area contributed by atoms with Gasteiger partial charge in [-0.3, -0.25) is 0 Å². The smallest absolute Gasteiger partial charge is 0.671 e. The van der Waals surface area contributed by atoms with Crippen molar-refractivity contribution in [3.05, 3.63) is 153 Å². The zero-order chi connectivity index (χ0) is 39.4. The van der Waals surface area contributed by atoms with Crippen LogP contribution in [-0.4, -0.2) is 51.8 Å². The number of hydrogen-bond donors (Lipinski definition) is 0. The van der Waals surface area contributed by atoms with Gasteiger partial charge in [-0.1, -0.05) is 131 Å². The minimum Gasteiger partial charge on any atom is -0.671 e. The molecule has 5 aromatic carbocycles. The fraction of sp³-hybridized carbons (Fsp3) is 0.340. The maximum atomic E-state index is 6.32. The average Bonchev–Trinajstić information content (AvgIpc) is 3.73. The van der Waals surface area contributed by atoms with Gasteiger partial charge in [0.15, 0.2) is 0 Å². The Morgan fingerprint density at radius 1 is 0.655 bits per heavy atom. The molecule has 0 N–H and O–H groups in total. The van der Waals surface area contributed by atoms with Gasteiger partial charge < -0.3 is 30.3 Å². The van der Waals surface area contributed by atoms with Gasteiger partial charge in [0.05, 0.1) is 17.1 Å². The first-order valence-electron chi connectivity index (χ1n) is 18.8. The molecule has 0 spiro atoms. The molecule has 0 radical (unpaired) electrons. The topological polar surface area (TPSA) is 87.4 Å². The summed E-state index contributed by atoms with van der Waals surface area (Å²) in [5, 5.41) is 22.2. The molecule has 7 aromatic rings. The van der Waals surface area contributed by atoms with E-state index >= 15 is 0 Å². The Balaban J connectivity index is 0.000000743. The summed E-state index contributed by atoms with van der Waals surface area (Å²) in [4.78, 5) is 5.46. The first-order valence-corrected chi connectivity index (χ1v) is 18.8. The van der Waals surface area contributed by atoms with Crippen molar-refractivity contribution in [1.29, 1.82) is 0 Å². The number of benzene rings is 5. The van der Waals surface area contributed by atoms with Crippen molar-refractivity contribution in [2.75, 3.05) is 42.3 Å². The second-order valence-electron chi connectivity index (χ2n) is 14.0. The zero-order valence-electron chi connectivity index (χ0n) is 34.8. The molecular formula is C47H58HfN6O. The summed E-state index contributed by atoms with van der Waals surface area (Å²) in [5.74, 6) is 2.52. The van der Waals surface area contributed by atoms with E-state index in [2.05, 4.69) is 153 Å². The number of aryl methyl sites for hydroxylation is 2. The van der Waals surface area contributed by atoms with Crippen molar-refractivity contribution < 1.29 is 30.3 Å². The van der Waals surface area contributed by atoms with Crippen LogP contribution in [0.2, 0.25) is 0 Å². The molecule has 2 heterocycles. The number of aromatic nitrogens is 2.